The predicted octanol–water partition coefficient (Wildman–Crippen LogP) is 2.96. The summed E-state index contributed by atoms with van der Waals surface area (Å²) in [7, 11) is 3.37. The molecule has 1 amide bonds. The Bertz CT molecular complexity index is 1280. The lowest BCUT2D eigenvalue weighted by molar-refractivity contribution is 0.0730. The second kappa shape index (κ2) is 12.4. The normalized spacial score (nSPS) is 14.4. The van der Waals surface area contributed by atoms with E-state index in [1.54, 1.807) is 37.3 Å². The molecule has 1 saturated heterocycles. The summed E-state index contributed by atoms with van der Waals surface area (Å²) >= 11 is 1.34. The fourth-order valence-electron chi connectivity index (χ4n) is 3.84. The van der Waals surface area contributed by atoms with Crippen LogP contribution in [0.5, 0.6) is 11.5 Å². The van der Waals surface area contributed by atoms with Crippen molar-refractivity contribution in [2.75, 3.05) is 72.6 Å². The molecule has 1 aliphatic rings. The van der Waals surface area contributed by atoms with Crippen LogP contribution in [0.1, 0.15) is 10.4 Å². The molecule has 3 aromatic rings. The summed E-state index contributed by atoms with van der Waals surface area (Å²) in [6, 6.07) is 9.64. The molecular formula is C24H31ClN4O6S2. The molecule has 13 heteroatoms. The Morgan fingerprint density at radius 1 is 1.03 bits per heavy atom. The summed E-state index contributed by atoms with van der Waals surface area (Å²) < 4.78 is 44.3. The number of benzene rings is 2. The van der Waals surface area contributed by atoms with Crippen molar-refractivity contribution in [3.05, 3.63) is 42.0 Å². The van der Waals surface area contributed by atoms with Gasteiger partial charge in [0.15, 0.2) is 5.13 Å². The third-order valence-corrected chi connectivity index (χ3v) is 8.86. The first-order valence-electron chi connectivity index (χ1n) is 11.4. The van der Waals surface area contributed by atoms with Crippen molar-refractivity contribution in [1.29, 1.82) is 0 Å². The van der Waals surface area contributed by atoms with Gasteiger partial charge in [0.25, 0.3) is 5.91 Å². The maximum atomic E-state index is 13.6. The van der Waals surface area contributed by atoms with E-state index < -0.39 is 10.0 Å². The van der Waals surface area contributed by atoms with E-state index in [0.717, 1.165) is 4.70 Å². The van der Waals surface area contributed by atoms with E-state index in [9.17, 15) is 13.2 Å². The number of thiazole rings is 1. The number of morpholine rings is 1. The van der Waals surface area contributed by atoms with Gasteiger partial charge >= 0.3 is 0 Å². The van der Waals surface area contributed by atoms with Crippen molar-refractivity contribution in [2.24, 2.45) is 0 Å². The molecule has 2 heterocycles. The molecule has 0 spiro atoms. The number of sulfonamides is 1. The third-order valence-electron chi connectivity index (χ3n) is 5.85. The van der Waals surface area contributed by atoms with Gasteiger partial charge in [-0.1, -0.05) is 11.3 Å². The quantitative estimate of drug-likeness (QED) is 0.387. The lowest BCUT2D eigenvalue weighted by Crippen LogP contribution is -2.40. The highest BCUT2D eigenvalue weighted by molar-refractivity contribution is 7.89. The number of halogens is 1. The molecule has 1 aromatic heterocycles. The van der Waals surface area contributed by atoms with E-state index in [0.29, 0.717) is 67.1 Å². The first-order valence-corrected chi connectivity index (χ1v) is 13.7. The summed E-state index contributed by atoms with van der Waals surface area (Å²) in [5, 5.41) is 0.504. The molecule has 0 aliphatic carbocycles. The minimum atomic E-state index is -3.65. The van der Waals surface area contributed by atoms with Crippen LogP contribution < -0.4 is 14.4 Å². The fraction of sp³-hybridized carbons (Fsp3) is 0.417. The molecule has 4 rings (SSSR count). The Hall–Kier alpha value is -2.48. The van der Waals surface area contributed by atoms with Gasteiger partial charge in [0.2, 0.25) is 10.0 Å². The number of hydrogen-bond acceptors (Lipinski definition) is 9. The second-order valence-electron chi connectivity index (χ2n) is 8.45. The van der Waals surface area contributed by atoms with Crippen LogP contribution in [0.25, 0.3) is 10.2 Å². The minimum Gasteiger partial charge on any atom is -0.495 e. The van der Waals surface area contributed by atoms with Crippen molar-refractivity contribution in [3.8, 4) is 11.5 Å². The topological polar surface area (TPSA) is 102 Å². The van der Waals surface area contributed by atoms with Gasteiger partial charge in [0.05, 0.1) is 32.3 Å². The summed E-state index contributed by atoms with van der Waals surface area (Å²) in [5.41, 5.74) is 0.985. The van der Waals surface area contributed by atoms with Gasteiger partial charge in [-0.25, -0.2) is 13.4 Å². The number of carbonyl (C=O) groups excluding carboxylic acids is 1. The second-order valence-corrected chi connectivity index (χ2v) is 11.4. The van der Waals surface area contributed by atoms with Crippen LogP contribution in [0.2, 0.25) is 0 Å². The summed E-state index contributed by atoms with van der Waals surface area (Å²) in [4.78, 5) is 22.1. The molecule has 0 saturated carbocycles. The third kappa shape index (κ3) is 6.16. The highest BCUT2D eigenvalue weighted by atomic mass is 35.5. The largest absolute Gasteiger partial charge is 0.495 e. The van der Waals surface area contributed by atoms with Gasteiger partial charge < -0.3 is 19.1 Å². The van der Waals surface area contributed by atoms with Gasteiger partial charge in [0.1, 0.15) is 21.7 Å². The Balaban J connectivity index is 0.00000380. The number of amides is 1. The molecule has 0 N–H and O–H groups in total. The molecular weight excluding hydrogens is 540 g/mol. The standard InChI is InChI=1S/C24H30N4O6S2.ClH/c1-26(2)11-12-28(24-25-21-19(32-3)9-10-20(33-4)22(21)35-24)23(29)17-5-7-18(8-6-17)36(30,31)27-13-15-34-16-14-27;/h5-10H,11-16H2,1-4H3;1H. The van der Waals surface area contributed by atoms with Crippen LogP contribution in [0.3, 0.4) is 0 Å². The van der Waals surface area contributed by atoms with E-state index in [1.165, 1.54) is 27.8 Å². The van der Waals surface area contributed by atoms with Crippen LogP contribution >= 0.6 is 23.7 Å². The number of aromatic nitrogens is 1. The number of ether oxygens (including phenoxy) is 3. The summed E-state index contributed by atoms with van der Waals surface area (Å²) in [5.74, 6) is 0.961. The van der Waals surface area contributed by atoms with Crippen LogP contribution in [0.15, 0.2) is 41.3 Å². The number of rotatable bonds is 9. The summed E-state index contributed by atoms with van der Waals surface area (Å²) in [6.07, 6.45) is 0. The molecule has 1 fully saturated rings. The van der Waals surface area contributed by atoms with E-state index >= 15 is 0 Å². The molecule has 37 heavy (non-hydrogen) atoms. The Morgan fingerprint density at radius 3 is 2.24 bits per heavy atom. The van der Waals surface area contributed by atoms with E-state index in [4.69, 9.17) is 19.2 Å². The number of carbonyl (C=O) groups is 1. The maximum absolute atomic E-state index is 13.6. The molecule has 10 nitrogen and oxygen atoms in total. The minimum absolute atomic E-state index is 0. The highest BCUT2D eigenvalue weighted by Crippen LogP contribution is 2.40. The zero-order valence-corrected chi connectivity index (χ0v) is 23.6. The maximum Gasteiger partial charge on any atom is 0.260 e. The fourth-order valence-corrected chi connectivity index (χ4v) is 6.34. The number of anilines is 1. The van der Waals surface area contributed by atoms with Crippen molar-refractivity contribution < 1.29 is 27.4 Å². The zero-order chi connectivity index (χ0) is 25.9. The van der Waals surface area contributed by atoms with Crippen molar-refractivity contribution in [1.82, 2.24) is 14.2 Å². The monoisotopic (exact) mass is 570 g/mol. The molecule has 0 atom stereocenters. The van der Waals surface area contributed by atoms with E-state index in [-0.39, 0.29) is 23.2 Å². The van der Waals surface area contributed by atoms with Crippen LogP contribution in [0.4, 0.5) is 5.13 Å². The Labute approximate surface area is 227 Å². The number of methoxy groups -OCH3 is 2. The van der Waals surface area contributed by atoms with Gasteiger partial charge in [-0.05, 0) is 50.5 Å². The Morgan fingerprint density at radius 2 is 1.65 bits per heavy atom. The van der Waals surface area contributed by atoms with Gasteiger partial charge in [-0.3, -0.25) is 9.69 Å². The zero-order valence-electron chi connectivity index (χ0n) is 21.2. The smallest absolute Gasteiger partial charge is 0.260 e. The summed E-state index contributed by atoms with van der Waals surface area (Å²) in [6.45, 7) is 2.37. The molecule has 0 radical (unpaired) electrons. The molecule has 0 unspecified atom stereocenters. The van der Waals surface area contributed by atoms with Gasteiger partial charge in [-0.15, -0.1) is 12.4 Å². The van der Waals surface area contributed by atoms with Crippen LogP contribution in [0, 0.1) is 0 Å². The number of fused-ring (bicyclic) bond motifs is 1. The first-order chi connectivity index (χ1) is 17.3. The lowest BCUT2D eigenvalue weighted by atomic mass is 10.2. The van der Waals surface area contributed by atoms with Crippen LogP contribution in [-0.4, -0.2) is 96.2 Å². The molecule has 202 valence electrons. The van der Waals surface area contributed by atoms with Crippen LogP contribution in [-0.2, 0) is 14.8 Å². The van der Waals surface area contributed by atoms with Gasteiger partial charge in [0, 0.05) is 31.7 Å². The van der Waals surface area contributed by atoms with Crippen molar-refractivity contribution >= 4 is 55.0 Å². The Kier molecular flexibility index (Phi) is 9.73. The lowest BCUT2D eigenvalue weighted by Gasteiger charge is -2.26. The SMILES string of the molecule is COc1ccc(OC)c2sc(N(CCN(C)C)C(=O)c3ccc(S(=O)(=O)N4CCOCC4)cc3)nc12.Cl. The van der Waals surface area contributed by atoms with Crippen molar-refractivity contribution in [3.63, 3.8) is 0 Å². The van der Waals surface area contributed by atoms with E-state index in [2.05, 4.69) is 0 Å². The number of hydrogen-bond donors (Lipinski definition) is 0. The number of nitrogens with zero attached hydrogens (tertiary/aromatic N) is 4. The van der Waals surface area contributed by atoms with Gasteiger partial charge in [-0.2, -0.15) is 4.31 Å². The predicted molar refractivity (Wildman–Crippen MR) is 146 cm³/mol. The number of likely N-dealkylation sites (N-methyl/N-ethyl adjacent to an activating group) is 1. The average molecular weight is 571 g/mol. The molecule has 1 aliphatic heterocycles. The first kappa shape index (κ1) is 29.1. The molecule has 2 aromatic carbocycles. The highest BCUT2D eigenvalue weighted by Gasteiger charge is 2.28. The average Bonchev–Trinajstić information content (AvgIpc) is 3.33. The molecule has 0 bridgehead atoms. The van der Waals surface area contributed by atoms with Crippen molar-refractivity contribution in [2.45, 2.75) is 4.90 Å². The van der Waals surface area contributed by atoms with E-state index in [1.807, 2.05) is 25.1 Å².